The minimum absolute atomic E-state index is 0.0417. The molecule has 0 radical (unpaired) electrons. The molecule has 2 atom stereocenters. The highest BCUT2D eigenvalue weighted by Crippen LogP contribution is 2.51. The van der Waals surface area contributed by atoms with Crippen LogP contribution >= 0.6 is 0 Å². The topological polar surface area (TPSA) is 61.1 Å². The van der Waals surface area contributed by atoms with Gasteiger partial charge in [-0.3, -0.25) is 4.79 Å². The Hall–Kier alpha value is -1.04. The fraction of sp³-hybridized carbons (Fsp3) is 0.667. The SMILES string of the molecule is C[C@@H]1C[C@]1(C#N)C(=O)O. The fourth-order valence-electron chi connectivity index (χ4n) is 0.926. The predicted molar refractivity (Wildman–Crippen MR) is 29.5 cm³/mol. The first-order valence-electron chi connectivity index (χ1n) is 2.78. The van der Waals surface area contributed by atoms with Crippen molar-refractivity contribution in [2.75, 3.05) is 0 Å². The summed E-state index contributed by atoms with van der Waals surface area (Å²) in [5, 5.41) is 16.8. The van der Waals surface area contributed by atoms with Crippen LogP contribution in [0.2, 0.25) is 0 Å². The normalized spacial score (nSPS) is 39.3. The van der Waals surface area contributed by atoms with E-state index in [2.05, 4.69) is 0 Å². The average Bonchev–Trinajstić information content (AvgIpc) is 2.43. The third kappa shape index (κ3) is 0.595. The highest BCUT2D eigenvalue weighted by Gasteiger charge is 2.58. The number of carbonyl (C=O) groups is 1. The number of nitriles is 1. The van der Waals surface area contributed by atoms with Crippen molar-refractivity contribution in [1.29, 1.82) is 5.26 Å². The van der Waals surface area contributed by atoms with Crippen molar-refractivity contribution in [2.45, 2.75) is 13.3 Å². The molecule has 1 N–H and O–H groups in total. The fourth-order valence-corrected chi connectivity index (χ4v) is 0.926. The number of carboxylic acid groups (broad SMARTS) is 1. The number of carboxylic acids is 1. The number of hydrogen-bond acceptors (Lipinski definition) is 2. The summed E-state index contributed by atoms with van der Waals surface area (Å²) in [7, 11) is 0. The number of aliphatic carboxylic acids is 1. The maximum Gasteiger partial charge on any atom is 0.324 e. The van der Waals surface area contributed by atoms with Crippen LogP contribution in [0.4, 0.5) is 0 Å². The molecule has 48 valence electrons. The second kappa shape index (κ2) is 1.47. The first-order valence-corrected chi connectivity index (χ1v) is 2.78. The van der Waals surface area contributed by atoms with E-state index in [9.17, 15) is 4.79 Å². The van der Waals surface area contributed by atoms with Crippen molar-refractivity contribution in [1.82, 2.24) is 0 Å². The van der Waals surface area contributed by atoms with Crippen molar-refractivity contribution in [3.05, 3.63) is 0 Å². The zero-order valence-corrected chi connectivity index (χ0v) is 5.09. The summed E-state index contributed by atoms with van der Waals surface area (Å²) >= 11 is 0. The van der Waals surface area contributed by atoms with E-state index in [1.807, 2.05) is 0 Å². The van der Waals surface area contributed by atoms with E-state index in [-0.39, 0.29) is 5.92 Å². The van der Waals surface area contributed by atoms with E-state index in [0.29, 0.717) is 6.42 Å². The van der Waals surface area contributed by atoms with Gasteiger partial charge in [-0.05, 0) is 12.3 Å². The van der Waals surface area contributed by atoms with Gasteiger partial charge in [-0.1, -0.05) is 6.92 Å². The molecule has 1 aliphatic rings. The lowest BCUT2D eigenvalue weighted by molar-refractivity contribution is -0.141. The van der Waals surface area contributed by atoms with Gasteiger partial charge in [0.1, 0.15) is 0 Å². The Kier molecular flexibility index (Phi) is 0.995. The van der Waals surface area contributed by atoms with Crippen LogP contribution in [0, 0.1) is 22.7 Å². The van der Waals surface area contributed by atoms with Gasteiger partial charge in [0, 0.05) is 0 Å². The Morgan fingerprint density at radius 1 is 2.00 bits per heavy atom. The molecule has 1 saturated carbocycles. The molecule has 1 aliphatic carbocycles. The van der Waals surface area contributed by atoms with Crippen molar-refractivity contribution >= 4 is 5.97 Å². The van der Waals surface area contributed by atoms with Crippen LogP contribution in [0.15, 0.2) is 0 Å². The molecule has 9 heavy (non-hydrogen) atoms. The van der Waals surface area contributed by atoms with E-state index in [0.717, 1.165) is 0 Å². The van der Waals surface area contributed by atoms with Gasteiger partial charge in [0.25, 0.3) is 0 Å². The highest BCUT2D eigenvalue weighted by atomic mass is 16.4. The van der Waals surface area contributed by atoms with Crippen LogP contribution in [-0.4, -0.2) is 11.1 Å². The number of nitrogens with zero attached hydrogens (tertiary/aromatic N) is 1. The molecule has 3 nitrogen and oxygen atoms in total. The minimum Gasteiger partial charge on any atom is -0.480 e. The van der Waals surface area contributed by atoms with Crippen molar-refractivity contribution in [2.24, 2.45) is 11.3 Å². The molecule has 0 bridgehead atoms. The lowest BCUT2D eigenvalue weighted by atomic mass is 10.1. The molecule has 0 amide bonds. The molecule has 0 saturated heterocycles. The van der Waals surface area contributed by atoms with Gasteiger partial charge in [-0.15, -0.1) is 0 Å². The van der Waals surface area contributed by atoms with Crippen LogP contribution in [0.25, 0.3) is 0 Å². The summed E-state index contributed by atoms with van der Waals surface area (Å²) in [5.74, 6) is -0.933. The minimum atomic E-state index is -1.03. The first kappa shape index (κ1) is 6.09. The Morgan fingerprint density at radius 3 is 2.44 bits per heavy atom. The van der Waals surface area contributed by atoms with Gasteiger partial charge in [0.05, 0.1) is 6.07 Å². The Bertz CT molecular complexity index is 194. The van der Waals surface area contributed by atoms with Crippen LogP contribution < -0.4 is 0 Å². The summed E-state index contributed by atoms with van der Waals surface area (Å²) in [6.45, 7) is 1.78. The maximum absolute atomic E-state index is 10.3. The van der Waals surface area contributed by atoms with Crippen molar-refractivity contribution in [3.63, 3.8) is 0 Å². The van der Waals surface area contributed by atoms with Crippen LogP contribution in [-0.2, 0) is 4.79 Å². The molecule has 0 spiro atoms. The largest absolute Gasteiger partial charge is 0.480 e. The summed E-state index contributed by atoms with van der Waals surface area (Å²) in [6, 6.07) is 1.80. The Balaban J connectivity index is 2.77. The summed E-state index contributed by atoms with van der Waals surface area (Å²) in [6.07, 6.45) is 0.513. The van der Waals surface area contributed by atoms with E-state index < -0.39 is 11.4 Å². The summed E-state index contributed by atoms with van der Waals surface area (Å²) < 4.78 is 0. The summed E-state index contributed by atoms with van der Waals surface area (Å²) in [4.78, 5) is 10.3. The van der Waals surface area contributed by atoms with E-state index in [4.69, 9.17) is 10.4 Å². The zero-order chi connectivity index (χ0) is 7.07. The van der Waals surface area contributed by atoms with Gasteiger partial charge < -0.3 is 5.11 Å². The molecule has 0 unspecified atom stereocenters. The second-order valence-electron chi connectivity index (χ2n) is 2.49. The van der Waals surface area contributed by atoms with Crippen molar-refractivity contribution in [3.8, 4) is 6.07 Å². The smallest absolute Gasteiger partial charge is 0.324 e. The molecule has 3 heteroatoms. The lowest BCUT2D eigenvalue weighted by Crippen LogP contribution is -2.13. The first-order chi connectivity index (χ1) is 4.13. The molecule has 1 rings (SSSR count). The zero-order valence-electron chi connectivity index (χ0n) is 5.09. The molecule has 0 aromatic carbocycles. The Morgan fingerprint density at radius 2 is 2.44 bits per heavy atom. The molecule has 1 fully saturated rings. The standard InChI is InChI=1S/C6H7NO2/c1-4-2-6(4,3-7)5(8)9/h4H,2H2,1H3,(H,8,9)/t4-,6-/m1/s1. The lowest BCUT2D eigenvalue weighted by Gasteiger charge is -1.94. The number of rotatable bonds is 1. The van der Waals surface area contributed by atoms with Crippen molar-refractivity contribution < 1.29 is 9.90 Å². The van der Waals surface area contributed by atoms with Gasteiger partial charge in [0.2, 0.25) is 0 Å². The second-order valence-corrected chi connectivity index (χ2v) is 2.49. The number of hydrogen-bond donors (Lipinski definition) is 1. The van der Waals surface area contributed by atoms with Gasteiger partial charge in [-0.25, -0.2) is 0 Å². The maximum atomic E-state index is 10.3. The molecule has 0 heterocycles. The molecule has 0 aliphatic heterocycles. The third-order valence-corrected chi connectivity index (χ3v) is 1.89. The quantitative estimate of drug-likeness (QED) is 0.558. The summed E-state index contributed by atoms with van der Waals surface area (Å²) in [5.41, 5.74) is -1.03. The molecular weight excluding hydrogens is 118 g/mol. The van der Waals surface area contributed by atoms with E-state index in [1.54, 1.807) is 13.0 Å². The van der Waals surface area contributed by atoms with Gasteiger partial charge in [-0.2, -0.15) is 5.26 Å². The van der Waals surface area contributed by atoms with Gasteiger partial charge >= 0.3 is 5.97 Å². The van der Waals surface area contributed by atoms with Gasteiger partial charge in [0.15, 0.2) is 5.41 Å². The van der Waals surface area contributed by atoms with Crippen LogP contribution in [0.5, 0.6) is 0 Å². The molecular formula is C6H7NO2. The average molecular weight is 125 g/mol. The molecule has 0 aromatic heterocycles. The monoisotopic (exact) mass is 125 g/mol. The van der Waals surface area contributed by atoms with Crippen LogP contribution in [0.1, 0.15) is 13.3 Å². The third-order valence-electron chi connectivity index (χ3n) is 1.89. The van der Waals surface area contributed by atoms with E-state index in [1.165, 1.54) is 0 Å². The van der Waals surface area contributed by atoms with Crippen LogP contribution in [0.3, 0.4) is 0 Å². The molecule has 0 aromatic rings. The Labute approximate surface area is 52.9 Å². The van der Waals surface area contributed by atoms with E-state index >= 15 is 0 Å². The predicted octanol–water partition coefficient (Wildman–Crippen LogP) is 0.621. The highest BCUT2D eigenvalue weighted by molar-refractivity contribution is 5.82.